The molecular weight excluding hydrogens is 356 g/mol. The van der Waals surface area contributed by atoms with Crippen LogP contribution in [0.15, 0.2) is 34.9 Å². The number of carbonyl (C=O) groups is 1. The van der Waals surface area contributed by atoms with Gasteiger partial charge in [0, 0.05) is 26.1 Å². The van der Waals surface area contributed by atoms with Crippen LogP contribution in [-0.2, 0) is 17.6 Å². The Hall–Kier alpha value is -2.41. The van der Waals surface area contributed by atoms with Gasteiger partial charge in [-0.05, 0) is 43.6 Å². The van der Waals surface area contributed by atoms with E-state index in [9.17, 15) is 4.79 Å². The number of rotatable bonds is 9. The van der Waals surface area contributed by atoms with E-state index in [2.05, 4.69) is 27.6 Å². The van der Waals surface area contributed by atoms with Crippen LogP contribution in [0.4, 0.5) is 4.79 Å². The predicted molar refractivity (Wildman–Crippen MR) is 104 cm³/mol. The van der Waals surface area contributed by atoms with Gasteiger partial charge in [0.15, 0.2) is 5.82 Å². The van der Waals surface area contributed by atoms with Crippen LogP contribution in [0.5, 0.6) is 0 Å². The normalized spacial score (nSPS) is 19.1. The van der Waals surface area contributed by atoms with Gasteiger partial charge in [-0.25, -0.2) is 4.79 Å². The van der Waals surface area contributed by atoms with Crippen molar-refractivity contribution in [2.24, 2.45) is 5.92 Å². The molecule has 1 saturated carbocycles. The molecule has 7 nitrogen and oxygen atoms in total. The van der Waals surface area contributed by atoms with E-state index in [1.807, 2.05) is 23.1 Å². The minimum atomic E-state index is -0.134. The number of hydrogen-bond acceptors (Lipinski definition) is 5. The Morgan fingerprint density at radius 2 is 2.07 bits per heavy atom. The molecule has 2 aliphatic rings. The fourth-order valence-electron chi connectivity index (χ4n) is 3.53. The number of nitrogens with one attached hydrogen (secondary N) is 1. The highest BCUT2D eigenvalue weighted by Gasteiger charge is 2.34. The fourth-order valence-corrected chi connectivity index (χ4v) is 3.53. The maximum absolute atomic E-state index is 12.6. The Balaban J connectivity index is 1.24. The summed E-state index contributed by atoms with van der Waals surface area (Å²) < 4.78 is 11.1. The zero-order valence-electron chi connectivity index (χ0n) is 16.2. The quantitative estimate of drug-likeness (QED) is 0.672. The van der Waals surface area contributed by atoms with Crippen molar-refractivity contribution in [2.45, 2.75) is 44.6 Å². The first-order valence-corrected chi connectivity index (χ1v) is 10.3. The highest BCUT2D eigenvalue weighted by atomic mass is 16.5. The van der Waals surface area contributed by atoms with Gasteiger partial charge in [-0.2, -0.15) is 4.98 Å². The molecule has 0 bridgehead atoms. The van der Waals surface area contributed by atoms with E-state index in [1.165, 1.54) is 18.4 Å². The second kappa shape index (κ2) is 9.19. The van der Waals surface area contributed by atoms with E-state index < -0.39 is 0 Å². The van der Waals surface area contributed by atoms with E-state index in [0.717, 1.165) is 31.8 Å². The molecule has 1 aliphatic carbocycles. The van der Waals surface area contributed by atoms with Crippen molar-refractivity contribution in [1.29, 1.82) is 0 Å². The van der Waals surface area contributed by atoms with Gasteiger partial charge in [-0.1, -0.05) is 35.5 Å². The molecular formula is C21H28N4O3. The number of nitrogens with zero attached hydrogens (tertiary/aromatic N) is 3. The molecule has 1 aromatic carbocycles. The van der Waals surface area contributed by atoms with Gasteiger partial charge >= 0.3 is 6.03 Å². The van der Waals surface area contributed by atoms with Gasteiger partial charge in [0.1, 0.15) is 6.04 Å². The summed E-state index contributed by atoms with van der Waals surface area (Å²) in [5.41, 5.74) is 1.21. The molecule has 2 heterocycles. The summed E-state index contributed by atoms with van der Waals surface area (Å²) in [6.07, 6.45) is 5.84. The van der Waals surface area contributed by atoms with Crippen LogP contribution in [0, 0.1) is 5.92 Å². The molecule has 1 saturated heterocycles. The maximum Gasteiger partial charge on any atom is 0.318 e. The van der Waals surface area contributed by atoms with E-state index in [-0.39, 0.29) is 12.1 Å². The molecule has 1 atom stereocenters. The first-order valence-electron chi connectivity index (χ1n) is 10.3. The van der Waals surface area contributed by atoms with Crippen LogP contribution in [-0.4, -0.2) is 47.4 Å². The van der Waals surface area contributed by atoms with Crippen molar-refractivity contribution in [3.63, 3.8) is 0 Å². The number of urea groups is 1. The van der Waals surface area contributed by atoms with Crippen LogP contribution in [0.25, 0.3) is 0 Å². The number of likely N-dealkylation sites (tertiary alicyclic amines) is 1. The zero-order valence-corrected chi connectivity index (χ0v) is 16.2. The standard InChI is InChI=1S/C21H28N4O3/c26-21(22-12-10-16-5-2-1-3-6-16)25-13-4-7-18(25)20-23-19(24-28-20)11-14-27-15-17-8-9-17/h1-3,5-6,17-18H,4,7-15H2,(H,22,26). The van der Waals surface area contributed by atoms with E-state index >= 15 is 0 Å². The summed E-state index contributed by atoms with van der Waals surface area (Å²) in [6.45, 7) is 2.78. The Labute approximate surface area is 165 Å². The van der Waals surface area contributed by atoms with E-state index in [1.54, 1.807) is 0 Å². The van der Waals surface area contributed by atoms with E-state index in [4.69, 9.17) is 9.26 Å². The molecule has 1 unspecified atom stereocenters. The highest BCUT2D eigenvalue weighted by molar-refractivity contribution is 5.74. The topological polar surface area (TPSA) is 80.5 Å². The first kappa shape index (κ1) is 18.9. The third-order valence-corrected chi connectivity index (χ3v) is 5.34. The molecule has 2 fully saturated rings. The third kappa shape index (κ3) is 5.10. The Bertz CT molecular complexity index is 760. The second-order valence-corrected chi connectivity index (χ2v) is 7.64. The lowest BCUT2D eigenvalue weighted by Gasteiger charge is -2.22. The van der Waals surface area contributed by atoms with Gasteiger partial charge in [0.25, 0.3) is 0 Å². The van der Waals surface area contributed by atoms with Crippen molar-refractivity contribution in [2.75, 3.05) is 26.3 Å². The monoisotopic (exact) mass is 384 g/mol. The molecule has 28 heavy (non-hydrogen) atoms. The molecule has 1 N–H and O–H groups in total. The molecule has 0 spiro atoms. The highest BCUT2D eigenvalue weighted by Crippen LogP contribution is 2.31. The molecule has 0 radical (unpaired) electrons. The number of aromatic nitrogens is 2. The molecule has 150 valence electrons. The fraction of sp³-hybridized carbons (Fsp3) is 0.571. The van der Waals surface area contributed by atoms with Crippen LogP contribution in [0.1, 0.15) is 49.0 Å². The lowest BCUT2D eigenvalue weighted by atomic mass is 10.1. The van der Waals surface area contributed by atoms with Gasteiger partial charge < -0.3 is 19.5 Å². The second-order valence-electron chi connectivity index (χ2n) is 7.64. The lowest BCUT2D eigenvalue weighted by molar-refractivity contribution is 0.125. The van der Waals surface area contributed by atoms with Crippen LogP contribution in [0.2, 0.25) is 0 Å². The summed E-state index contributed by atoms with van der Waals surface area (Å²) in [7, 11) is 0. The summed E-state index contributed by atoms with van der Waals surface area (Å²) in [4.78, 5) is 18.9. The average Bonchev–Trinajstić information content (AvgIpc) is 3.21. The number of hydrogen-bond donors (Lipinski definition) is 1. The number of carbonyl (C=O) groups excluding carboxylic acids is 1. The van der Waals surface area contributed by atoms with E-state index in [0.29, 0.717) is 37.8 Å². The minimum Gasteiger partial charge on any atom is -0.381 e. The van der Waals surface area contributed by atoms with Crippen molar-refractivity contribution in [1.82, 2.24) is 20.4 Å². The Morgan fingerprint density at radius 1 is 1.21 bits per heavy atom. The van der Waals surface area contributed by atoms with Gasteiger partial charge in [-0.3, -0.25) is 0 Å². The number of ether oxygens (including phenoxy) is 1. The minimum absolute atomic E-state index is 0.0639. The molecule has 1 aromatic heterocycles. The lowest BCUT2D eigenvalue weighted by Crippen LogP contribution is -2.40. The molecule has 7 heteroatoms. The first-order chi connectivity index (χ1) is 13.8. The summed E-state index contributed by atoms with van der Waals surface area (Å²) in [5, 5.41) is 7.08. The van der Waals surface area contributed by atoms with Gasteiger partial charge in [-0.15, -0.1) is 0 Å². The SMILES string of the molecule is O=C(NCCc1ccccc1)N1CCCC1c1nc(CCOCC2CC2)no1. The average molecular weight is 384 g/mol. The van der Waals surface area contributed by atoms with Crippen LogP contribution in [0.3, 0.4) is 0 Å². The summed E-state index contributed by atoms with van der Waals surface area (Å²) in [6, 6.07) is 9.96. The van der Waals surface area contributed by atoms with Crippen LogP contribution < -0.4 is 5.32 Å². The molecule has 4 rings (SSSR count). The van der Waals surface area contributed by atoms with Gasteiger partial charge in [0.05, 0.1) is 6.61 Å². The third-order valence-electron chi connectivity index (χ3n) is 5.34. The van der Waals surface area contributed by atoms with Crippen molar-refractivity contribution in [3.05, 3.63) is 47.6 Å². The summed E-state index contributed by atoms with van der Waals surface area (Å²) in [5.74, 6) is 1.95. The molecule has 1 aliphatic heterocycles. The Morgan fingerprint density at radius 3 is 2.89 bits per heavy atom. The summed E-state index contributed by atoms with van der Waals surface area (Å²) >= 11 is 0. The number of amides is 2. The predicted octanol–water partition coefficient (Wildman–Crippen LogP) is 3.13. The zero-order chi connectivity index (χ0) is 19.2. The van der Waals surface area contributed by atoms with Crippen molar-refractivity contribution in [3.8, 4) is 0 Å². The van der Waals surface area contributed by atoms with Gasteiger partial charge in [0.2, 0.25) is 5.89 Å². The smallest absolute Gasteiger partial charge is 0.318 e. The maximum atomic E-state index is 12.6. The number of benzene rings is 1. The largest absolute Gasteiger partial charge is 0.381 e. The molecule has 2 amide bonds. The Kier molecular flexibility index (Phi) is 6.21. The van der Waals surface area contributed by atoms with Crippen LogP contribution >= 0.6 is 0 Å². The van der Waals surface area contributed by atoms with Crippen molar-refractivity contribution < 1.29 is 14.1 Å². The molecule has 2 aromatic rings. The van der Waals surface area contributed by atoms with Crippen molar-refractivity contribution >= 4 is 6.03 Å².